The van der Waals surface area contributed by atoms with E-state index in [4.69, 9.17) is 18.5 Å². The molecule has 0 spiro atoms. The number of carbonyl (C=O) groups excluding carboxylic acids is 2. The molecule has 6 N–H and O–H groups in total. The summed E-state index contributed by atoms with van der Waals surface area (Å²) in [5, 5.41) is 50.1. The molecule has 0 aromatic rings. The van der Waals surface area contributed by atoms with Crippen LogP contribution < -0.4 is 0 Å². The summed E-state index contributed by atoms with van der Waals surface area (Å²) >= 11 is 0. The van der Waals surface area contributed by atoms with Crippen molar-refractivity contribution < 1.29 is 63.1 Å². The largest absolute Gasteiger partial charge is 0.472 e. The van der Waals surface area contributed by atoms with Crippen molar-refractivity contribution in [2.75, 3.05) is 13.2 Å². The number of aliphatic hydroxyl groups is 5. The van der Waals surface area contributed by atoms with Crippen LogP contribution in [0.5, 0.6) is 0 Å². The van der Waals surface area contributed by atoms with Crippen LogP contribution in [0.25, 0.3) is 0 Å². The fourth-order valence-electron chi connectivity index (χ4n) is 6.45. The van der Waals surface area contributed by atoms with Gasteiger partial charge in [-0.25, -0.2) is 4.57 Å². The second kappa shape index (κ2) is 36.1. The number of ether oxygens (including phenoxy) is 2. The Labute approximate surface area is 360 Å². The number of phosphoric ester groups is 1. The average molecular weight is 871 g/mol. The molecule has 346 valence electrons. The lowest BCUT2D eigenvalue weighted by Crippen LogP contribution is -2.64. The molecule has 1 aliphatic carbocycles. The molecular weight excluding hydrogens is 791 g/mol. The van der Waals surface area contributed by atoms with Crippen molar-refractivity contribution in [3.8, 4) is 0 Å². The highest BCUT2D eigenvalue weighted by Gasteiger charge is 2.51. The van der Waals surface area contributed by atoms with E-state index in [2.05, 4.69) is 74.6 Å². The first kappa shape index (κ1) is 55.6. The van der Waals surface area contributed by atoms with Crippen molar-refractivity contribution in [1.82, 2.24) is 0 Å². The van der Waals surface area contributed by atoms with Crippen LogP contribution in [0.3, 0.4) is 0 Å². The van der Waals surface area contributed by atoms with Crippen molar-refractivity contribution >= 4 is 19.8 Å². The van der Waals surface area contributed by atoms with E-state index in [1.54, 1.807) is 0 Å². The summed E-state index contributed by atoms with van der Waals surface area (Å²) in [4.78, 5) is 35.6. The highest BCUT2D eigenvalue weighted by atomic mass is 31.2. The zero-order valence-electron chi connectivity index (χ0n) is 36.5. The Morgan fingerprint density at radius 2 is 0.950 bits per heavy atom. The number of hydrogen-bond acceptors (Lipinski definition) is 12. The number of rotatable bonds is 36. The fraction of sp³-hybridized carbons (Fsp3) is 0.739. The maximum absolute atomic E-state index is 12.8. The first-order valence-electron chi connectivity index (χ1n) is 22.6. The quantitative estimate of drug-likeness (QED) is 0.0151. The minimum absolute atomic E-state index is 0.0763. The topological polar surface area (TPSA) is 210 Å². The van der Waals surface area contributed by atoms with Gasteiger partial charge >= 0.3 is 19.8 Å². The van der Waals surface area contributed by atoms with Gasteiger partial charge in [-0.2, -0.15) is 0 Å². The molecule has 1 rings (SSSR count). The molecule has 0 bridgehead atoms. The van der Waals surface area contributed by atoms with Gasteiger partial charge in [0.2, 0.25) is 0 Å². The number of esters is 2. The molecule has 1 saturated carbocycles. The molecule has 0 aromatic carbocycles. The van der Waals surface area contributed by atoms with E-state index in [0.717, 1.165) is 103 Å². The average Bonchev–Trinajstić information content (AvgIpc) is 3.23. The van der Waals surface area contributed by atoms with Gasteiger partial charge in [-0.15, -0.1) is 0 Å². The summed E-state index contributed by atoms with van der Waals surface area (Å²) in [5.74, 6) is -1.13. The van der Waals surface area contributed by atoms with Crippen LogP contribution in [0.2, 0.25) is 0 Å². The Morgan fingerprint density at radius 1 is 0.533 bits per heavy atom. The summed E-state index contributed by atoms with van der Waals surface area (Å²) in [6, 6.07) is 0. The minimum Gasteiger partial charge on any atom is -0.462 e. The predicted molar refractivity (Wildman–Crippen MR) is 235 cm³/mol. The number of carbonyl (C=O) groups is 2. The lowest BCUT2D eigenvalue weighted by Gasteiger charge is -2.41. The Bertz CT molecular complexity index is 1280. The van der Waals surface area contributed by atoms with Gasteiger partial charge in [0.25, 0.3) is 0 Å². The number of allylic oxidation sites excluding steroid dienone is 10. The molecule has 0 aliphatic heterocycles. The Kier molecular flexibility index (Phi) is 33.4. The Balaban J connectivity index is 2.48. The molecule has 6 unspecified atom stereocenters. The van der Waals surface area contributed by atoms with E-state index in [1.165, 1.54) is 19.3 Å². The molecule has 6 atom stereocenters. The molecule has 0 aromatic heterocycles. The van der Waals surface area contributed by atoms with Gasteiger partial charge in [0.15, 0.2) is 6.10 Å². The molecule has 60 heavy (non-hydrogen) atoms. The summed E-state index contributed by atoms with van der Waals surface area (Å²) in [5.41, 5.74) is 0. The van der Waals surface area contributed by atoms with Gasteiger partial charge in [-0.3, -0.25) is 18.6 Å². The monoisotopic (exact) mass is 871 g/mol. The maximum atomic E-state index is 12.8. The van der Waals surface area contributed by atoms with Crippen LogP contribution in [0.1, 0.15) is 162 Å². The van der Waals surface area contributed by atoms with Gasteiger partial charge in [0.1, 0.15) is 43.2 Å². The van der Waals surface area contributed by atoms with Gasteiger partial charge < -0.3 is 39.9 Å². The van der Waals surface area contributed by atoms with Crippen LogP contribution in [0.15, 0.2) is 60.8 Å². The standard InChI is InChI=1S/C46H79O13P/c1-3-5-7-9-11-13-15-17-18-19-20-21-22-23-25-27-29-31-33-35-40(48)58-38(36-56-39(47)34-32-30-28-26-24-16-14-12-10-8-6-4-2)37-57-60(54,55)59-46-44(52)42(50)41(49)43(51)45(46)53/h5,7,11-14,17-18,20-21,38,41-46,49-53H,3-4,6,8-10,15-16,19,22-37H2,1-2H3,(H,54,55)/b7-5-,13-11-,14-12-,18-17-,21-20-. The highest BCUT2D eigenvalue weighted by Crippen LogP contribution is 2.47. The van der Waals surface area contributed by atoms with Crippen LogP contribution in [0, 0.1) is 0 Å². The molecule has 0 radical (unpaired) electrons. The number of unbranched alkanes of at least 4 members (excludes halogenated alkanes) is 14. The first-order chi connectivity index (χ1) is 28.9. The van der Waals surface area contributed by atoms with Crippen molar-refractivity contribution in [2.45, 2.75) is 204 Å². The van der Waals surface area contributed by atoms with Crippen molar-refractivity contribution in [3.63, 3.8) is 0 Å². The van der Waals surface area contributed by atoms with Crippen LogP contribution >= 0.6 is 7.82 Å². The highest BCUT2D eigenvalue weighted by molar-refractivity contribution is 7.47. The molecule has 0 amide bonds. The molecule has 0 saturated heterocycles. The molecular formula is C46H79O13P. The van der Waals surface area contributed by atoms with Crippen LogP contribution in [-0.4, -0.2) is 98.3 Å². The van der Waals surface area contributed by atoms with Crippen molar-refractivity contribution in [1.29, 1.82) is 0 Å². The summed E-state index contributed by atoms with van der Waals surface area (Å²) in [6.07, 6.45) is 29.9. The maximum Gasteiger partial charge on any atom is 0.472 e. The second-order valence-electron chi connectivity index (χ2n) is 15.5. The molecule has 13 nitrogen and oxygen atoms in total. The lowest BCUT2D eigenvalue weighted by molar-refractivity contribution is -0.220. The zero-order valence-corrected chi connectivity index (χ0v) is 37.4. The molecule has 0 heterocycles. The second-order valence-corrected chi connectivity index (χ2v) is 16.9. The van der Waals surface area contributed by atoms with Gasteiger partial charge in [0.05, 0.1) is 6.61 Å². The normalized spacial score (nSPS) is 22.7. The summed E-state index contributed by atoms with van der Waals surface area (Å²) < 4.78 is 33.5. The van der Waals surface area contributed by atoms with E-state index >= 15 is 0 Å². The third-order valence-corrected chi connectivity index (χ3v) is 11.1. The molecule has 1 aliphatic rings. The van der Waals surface area contributed by atoms with E-state index in [0.29, 0.717) is 12.8 Å². The Morgan fingerprint density at radius 3 is 1.47 bits per heavy atom. The van der Waals surface area contributed by atoms with E-state index in [-0.39, 0.29) is 12.8 Å². The number of aliphatic hydroxyl groups excluding tert-OH is 5. The minimum atomic E-state index is -5.12. The van der Waals surface area contributed by atoms with Crippen molar-refractivity contribution in [3.05, 3.63) is 60.8 Å². The van der Waals surface area contributed by atoms with Gasteiger partial charge in [-0.1, -0.05) is 132 Å². The SMILES string of the molecule is CC/C=C\C/C=C\C/C=C\C/C=C\CCCCCCCCC(=O)OC(COC(=O)CCCCCCC/C=C\CCCCC)COP(=O)(O)OC1C(O)C(O)C(O)C(O)C1O. The predicted octanol–water partition coefficient (Wildman–Crippen LogP) is 8.55. The first-order valence-corrected chi connectivity index (χ1v) is 24.1. The third kappa shape index (κ3) is 28.2. The fourth-order valence-corrected chi connectivity index (χ4v) is 7.42. The van der Waals surface area contributed by atoms with Gasteiger partial charge in [-0.05, 0) is 77.0 Å². The summed E-state index contributed by atoms with van der Waals surface area (Å²) in [6.45, 7) is 3.13. The smallest absolute Gasteiger partial charge is 0.462 e. The zero-order chi connectivity index (χ0) is 44.3. The Hall–Kier alpha value is -2.45. The van der Waals surface area contributed by atoms with Crippen LogP contribution in [-0.2, 0) is 32.7 Å². The number of hydrogen-bond donors (Lipinski definition) is 6. The van der Waals surface area contributed by atoms with Crippen molar-refractivity contribution in [2.24, 2.45) is 0 Å². The summed E-state index contributed by atoms with van der Waals surface area (Å²) in [7, 11) is -5.12. The van der Waals surface area contributed by atoms with E-state index < -0.39 is 75.7 Å². The lowest BCUT2D eigenvalue weighted by atomic mass is 9.85. The molecule has 14 heteroatoms. The number of phosphoric acid groups is 1. The van der Waals surface area contributed by atoms with E-state index in [9.17, 15) is 44.6 Å². The van der Waals surface area contributed by atoms with E-state index in [1.807, 2.05) is 0 Å². The van der Waals surface area contributed by atoms with Crippen LogP contribution in [0.4, 0.5) is 0 Å². The molecule has 1 fully saturated rings. The third-order valence-electron chi connectivity index (χ3n) is 10.1. The van der Waals surface area contributed by atoms with Gasteiger partial charge in [0, 0.05) is 12.8 Å².